The highest BCUT2D eigenvalue weighted by Crippen LogP contribution is 2.19. The van der Waals surface area contributed by atoms with Crippen molar-refractivity contribution in [2.24, 2.45) is 5.92 Å². The molecule has 1 fully saturated rings. The van der Waals surface area contributed by atoms with Crippen LogP contribution in [0.15, 0.2) is 18.2 Å². The summed E-state index contributed by atoms with van der Waals surface area (Å²) in [4.78, 5) is 12.0. The lowest BCUT2D eigenvalue weighted by molar-refractivity contribution is 0.0947. The third kappa shape index (κ3) is 5.17. The van der Waals surface area contributed by atoms with Gasteiger partial charge in [-0.15, -0.1) is 12.4 Å². The van der Waals surface area contributed by atoms with Gasteiger partial charge in [-0.3, -0.25) is 4.79 Å². The van der Waals surface area contributed by atoms with Crippen molar-refractivity contribution in [1.29, 1.82) is 0 Å². The largest absolute Gasteiger partial charge is 0.496 e. The molecule has 1 saturated heterocycles. The molecule has 1 unspecified atom stereocenters. The van der Waals surface area contributed by atoms with E-state index in [2.05, 4.69) is 10.6 Å². The van der Waals surface area contributed by atoms with Crippen molar-refractivity contribution < 1.29 is 13.9 Å². The van der Waals surface area contributed by atoms with E-state index in [0.29, 0.717) is 18.2 Å². The van der Waals surface area contributed by atoms with Crippen molar-refractivity contribution in [2.45, 2.75) is 19.3 Å². The van der Waals surface area contributed by atoms with Gasteiger partial charge >= 0.3 is 0 Å². The molecule has 6 heteroatoms. The van der Waals surface area contributed by atoms with Crippen LogP contribution in [-0.4, -0.2) is 32.7 Å². The van der Waals surface area contributed by atoms with Crippen molar-refractivity contribution in [2.75, 3.05) is 26.7 Å². The predicted molar refractivity (Wildman–Crippen MR) is 82.7 cm³/mol. The molecule has 0 spiro atoms. The van der Waals surface area contributed by atoms with Gasteiger partial charge < -0.3 is 15.4 Å². The molecule has 118 valence electrons. The summed E-state index contributed by atoms with van der Waals surface area (Å²) in [5.41, 5.74) is 0.245. The van der Waals surface area contributed by atoms with E-state index in [9.17, 15) is 9.18 Å². The second-order valence-corrected chi connectivity index (χ2v) is 5.10. The number of halogens is 2. The summed E-state index contributed by atoms with van der Waals surface area (Å²) in [6, 6.07) is 3.95. The number of ether oxygens (including phenoxy) is 1. The summed E-state index contributed by atoms with van der Waals surface area (Å²) in [6.45, 7) is 2.70. The lowest BCUT2D eigenvalue weighted by Gasteiger charge is -2.22. The lowest BCUT2D eigenvalue weighted by Crippen LogP contribution is -2.33. The van der Waals surface area contributed by atoms with Crippen molar-refractivity contribution >= 4 is 18.3 Å². The highest BCUT2D eigenvalue weighted by atomic mass is 35.5. The van der Waals surface area contributed by atoms with Crippen LogP contribution in [0, 0.1) is 11.7 Å². The number of rotatable bonds is 5. The summed E-state index contributed by atoms with van der Waals surface area (Å²) < 4.78 is 18.3. The van der Waals surface area contributed by atoms with E-state index in [1.54, 1.807) is 0 Å². The first-order chi connectivity index (χ1) is 9.70. The Morgan fingerprint density at radius 1 is 1.52 bits per heavy atom. The van der Waals surface area contributed by atoms with Crippen molar-refractivity contribution in [3.8, 4) is 5.75 Å². The minimum absolute atomic E-state index is 0. The summed E-state index contributed by atoms with van der Waals surface area (Å²) in [7, 11) is 1.47. The van der Waals surface area contributed by atoms with E-state index in [1.165, 1.54) is 38.2 Å². The number of nitrogens with one attached hydrogen (secondary N) is 2. The number of piperidine rings is 1. The predicted octanol–water partition coefficient (Wildman–Crippen LogP) is 2.38. The fourth-order valence-corrected chi connectivity index (χ4v) is 2.51. The minimum Gasteiger partial charge on any atom is -0.496 e. The van der Waals surface area contributed by atoms with Gasteiger partial charge in [0.1, 0.15) is 11.6 Å². The molecule has 1 aromatic carbocycles. The molecular weight excluding hydrogens is 295 g/mol. The van der Waals surface area contributed by atoms with Crippen LogP contribution in [0.5, 0.6) is 5.75 Å². The maximum Gasteiger partial charge on any atom is 0.255 e. The zero-order chi connectivity index (χ0) is 14.4. The van der Waals surface area contributed by atoms with Gasteiger partial charge in [-0.1, -0.05) is 0 Å². The molecule has 0 aliphatic carbocycles. The first-order valence-corrected chi connectivity index (χ1v) is 7.03. The van der Waals surface area contributed by atoms with Crippen LogP contribution < -0.4 is 15.4 Å². The Labute approximate surface area is 130 Å². The Morgan fingerprint density at radius 3 is 3.00 bits per heavy atom. The van der Waals surface area contributed by atoms with Crippen LogP contribution in [0.3, 0.4) is 0 Å². The van der Waals surface area contributed by atoms with E-state index < -0.39 is 5.82 Å². The van der Waals surface area contributed by atoms with Gasteiger partial charge in [-0.05, 0) is 56.5 Å². The third-order valence-electron chi connectivity index (χ3n) is 3.64. The molecule has 21 heavy (non-hydrogen) atoms. The standard InChI is InChI=1S/C15H21FN2O2.ClH/c1-20-14-5-4-12(16)9-13(14)15(19)18-8-6-11-3-2-7-17-10-11;/h4-5,9,11,17H,2-3,6-8,10H2,1H3,(H,18,19);1H. The quantitative estimate of drug-likeness (QED) is 0.877. The normalized spacial score (nSPS) is 17.7. The fourth-order valence-electron chi connectivity index (χ4n) is 2.51. The summed E-state index contributed by atoms with van der Waals surface area (Å²) in [6.07, 6.45) is 3.33. The highest BCUT2D eigenvalue weighted by Gasteiger charge is 2.15. The fraction of sp³-hybridized carbons (Fsp3) is 0.533. The van der Waals surface area contributed by atoms with Gasteiger partial charge in [0.25, 0.3) is 5.91 Å². The van der Waals surface area contributed by atoms with Gasteiger partial charge in [0.05, 0.1) is 12.7 Å². The van der Waals surface area contributed by atoms with E-state index in [1.807, 2.05) is 0 Å². The van der Waals surface area contributed by atoms with Gasteiger partial charge in [-0.2, -0.15) is 0 Å². The summed E-state index contributed by atoms with van der Waals surface area (Å²) in [5.74, 6) is 0.277. The molecule has 2 N–H and O–H groups in total. The van der Waals surface area contributed by atoms with Crippen molar-refractivity contribution in [3.05, 3.63) is 29.6 Å². The molecule has 0 saturated carbocycles. The summed E-state index contributed by atoms with van der Waals surface area (Å²) in [5, 5.41) is 6.18. The van der Waals surface area contributed by atoms with Crippen LogP contribution in [0.2, 0.25) is 0 Å². The monoisotopic (exact) mass is 316 g/mol. The molecule has 1 atom stereocenters. The number of hydrogen-bond acceptors (Lipinski definition) is 3. The molecule has 4 nitrogen and oxygen atoms in total. The number of amides is 1. The van der Waals surface area contributed by atoms with Gasteiger partial charge in [0.2, 0.25) is 0 Å². The number of carbonyl (C=O) groups excluding carboxylic acids is 1. The number of methoxy groups -OCH3 is 1. The average Bonchev–Trinajstić information content (AvgIpc) is 2.48. The Kier molecular flexibility index (Phi) is 7.47. The molecular formula is C15H22ClFN2O2. The number of benzene rings is 1. The van der Waals surface area contributed by atoms with E-state index in [4.69, 9.17) is 4.74 Å². The van der Waals surface area contributed by atoms with Crippen LogP contribution >= 0.6 is 12.4 Å². The van der Waals surface area contributed by atoms with E-state index in [0.717, 1.165) is 19.5 Å². The number of carbonyl (C=O) groups is 1. The lowest BCUT2D eigenvalue weighted by atomic mass is 9.96. The van der Waals surface area contributed by atoms with Crippen molar-refractivity contribution in [3.63, 3.8) is 0 Å². The third-order valence-corrected chi connectivity index (χ3v) is 3.64. The molecule has 1 aliphatic heterocycles. The zero-order valence-electron chi connectivity index (χ0n) is 12.2. The molecule has 1 aliphatic rings. The molecule has 1 heterocycles. The first kappa shape index (κ1) is 17.7. The van der Waals surface area contributed by atoms with E-state index >= 15 is 0 Å². The maximum atomic E-state index is 13.2. The number of hydrogen-bond donors (Lipinski definition) is 2. The van der Waals surface area contributed by atoms with Gasteiger partial charge in [-0.25, -0.2) is 4.39 Å². The molecule has 0 bridgehead atoms. The second-order valence-electron chi connectivity index (χ2n) is 5.10. The average molecular weight is 317 g/mol. The van der Waals surface area contributed by atoms with Crippen molar-refractivity contribution in [1.82, 2.24) is 10.6 Å². The summed E-state index contributed by atoms with van der Waals surface area (Å²) >= 11 is 0. The first-order valence-electron chi connectivity index (χ1n) is 7.03. The minimum atomic E-state index is -0.438. The Balaban J connectivity index is 0.00000220. The Bertz CT molecular complexity index is 465. The van der Waals surface area contributed by atoms with Crippen LogP contribution in [0.1, 0.15) is 29.6 Å². The Hall–Kier alpha value is -1.33. The molecule has 1 amide bonds. The van der Waals surface area contributed by atoms with E-state index in [-0.39, 0.29) is 23.9 Å². The van der Waals surface area contributed by atoms with Gasteiger partial charge in [0.15, 0.2) is 0 Å². The molecule has 0 radical (unpaired) electrons. The zero-order valence-corrected chi connectivity index (χ0v) is 13.0. The van der Waals surface area contributed by atoms with Crippen LogP contribution in [0.4, 0.5) is 4.39 Å². The maximum absolute atomic E-state index is 13.2. The van der Waals surface area contributed by atoms with Crippen LogP contribution in [0.25, 0.3) is 0 Å². The second kappa shape index (κ2) is 8.85. The highest BCUT2D eigenvalue weighted by molar-refractivity contribution is 5.96. The smallest absolute Gasteiger partial charge is 0.255 e. The topological polar surface area (TPSA) is 50.4 Å². The molecule has 1 aromatic rings. The van der Waals surface area contributed by atoms with Crippen LogP contribution in [-0.2, 0) is 0 Å². The Morgan fingerprint density at radius 2 is 2.33 bits per heavy atom. The molecule has 0 aromatic heterocycles. The van der Waals surface area contributed by atoms with Gasteiger partial charge in [0, 0.05) is 6.54 Å². The molecule has 2 rings (SSSR count). The SMILES string of the molecule is COc1ccc(F)cc1C(=O)NCCC1CCCNC1.Cl.